The van der Waals surface area contributed by atoms with Crippen LogP contribution in [-0.2, 0) is 27.9 Å². The molecule has 3 atom stereocenters. The summed E-state index contributed by atoms with van der Waals surface area (Å²) in [5.74, 6) is -0.408. The van der Waals surface area contributed by atoms with Crippen LogP contribution in [0.1, 0.15) is 162 Å². The second-order valence-electron chi connectivity index (χ2n) is 13.6. The molecule has 0 aliphatic heterocycles. The van der Waals surface area contributed by atoms with Gasteiger partial charge in [0.15, 0.2) is 0 Å². The molecule has 308 valence electrons. The third kappa shape index (κ3) is 39.7. The topological polar surface area (TPSA) is 132 Å². The first-order valence-corrected chi connectivity index (χ1v) is 22.3. The lowest BCUT2D eigenvalue weighted by Gasteiger charge is -2.20. The summed E-state index contributed by atoms with van der Waals surface area (Å²) in [5, 5.41) is 18.3. The number of allylic oxidation sites excluding steroid dienone is 10. The van der Waals surface area contributed by atoms with Gasteiger partial charge in [-0.25, -0.2) is 4.57 Å². The van der Waals surface area contributed by atoms with E-state index in [1.165, 1.54) is 70.6 Å². The highest BCUT2D eigenvalue weighted by atomic mass is 31.2. The molecule has 0 fully saturated rings. The Morgan fingerprint density at radius 2 is 1.08 bits per heavy atom. The molecule has 10 heteroatoms. The number of hydrogen-bond donors (Lipinski definition) is 3. The van der Waals surface area contributed by atoms with Crippen LogP contribution in [0.15, 0.2) is 60.8 Å². The Hall–Kier alpha value is -1.84. The van der Waals surface area contributed by atoms with Gasteiger partial charge in [0.1, 0.15) is 12.2 Å². The number of carbonyl (C=O) groups excluding carboxylic acids is 1. The third-order valence-electron chi connectivity index (χ3n) is 8.44. The lowest BCUT2D eigenvalue weighted by atomic mass is 10.1. The highest BCUT2D eigenvalue weighted by Gasteiger charge is 2.26. The minimum Gasteiger partial charge on any atom is -0.457 e. The molecule has 0 aromatic heterocycles. The molecule has 0 amide bonds. The van der Waals surface area contributed by atoms with Crippen molar-refractivity contribution in [2.24, 2.45) is 0 Å². The van der Waals surface area contributed by atoms with E-state index >= 15 is 0 Å². The van der Waals surface area contributed by atoms with Crippen molar-refractivity contribution in [2.75, 3.05) is 33.0 Å². The summed E-state index contributed by atoms with van der Waals surface area (Å²) >= 11 is 0. The first-order valence-electron chi connectivity index (χ1n) is 20.8. The van der Waals surface area contributed by atoms with Crippen LogP contribution in [0.5, 0.6) is 0 Å². The van der Waals surface area contributed by atoms with Crippen molar-refractivity contribution in [1.82, 2.24) is 0 Å². The van der Waals surface area contributed by atoms with Gasteiger partial charge in [-0.2, -0.15) is 0 Å². The molecule has 0 aromatic rings. The Balaban J connectivity index is 4.27. The molecule has 3 unspecified atom stereocenters. The number of aliphatic hydroxyl groups is 2. The van der Waals surface area contributed by atoms with Crippen LogP contribution < -0.4 is 0 Å². The zero-order chi connectivity index (χ0) is 38.9. The van der Waals surface area contributed by atoms with Gasteiger partial charge in [0.2, 0.25) is 0 Å². The minimum absolute atomic E-state index is 0.00746. The molecule has 0 aromatic carbocycles. The average molecular weight is 769 g/mol. The van der Waals surface area contributed by atoms with Crippen LogP contribution in [-0.4, -0.2) is 66.3 Å². The zero-order valence-electron chi connectivity index (χ0n) is 33.5. The summed E-state index contributed by atoms with van der Waals surface area (Å²) in [6.07, 6.45) is 44.8. The molecule has 0 saturated carbocycles. The number of rotatable bonds is 39. The standard InChI is InChI=1S/C43H77O9P/c1-3-5-7-9-11-13-15-17-19-20-21-22-23-25-27-29-31-33-35-43(46)52-42(40-51-53(47,48)50-38-41(45)37-44)39-49-36-34-32-30-28-26-24-18-16-14-12-10-8-6-4-2/h6,8,12,14,18-20,24,28,30,41-42,44-45H,3-5,7,9-11,13,15-17,21-23,25-27,29,31-40H2,1-2H3,(H,47,48)/b8-6-,14-12-,20-19-,24-18-,30-28-. The number of unbranched alkanes of at least 4 members (excludes halogenated alkanes) is 15. The largest absolute Gasteiger partial charge is 0.472 e. The molecule has 0 saturated heterocycles. The first-order chi connectivity index (χ1) is 25.8. The van der Waals surface area contributed by atoms with E-state index in [1.807, 2.05) is 0 Å². The smallest absolute Gasteiger partial charge is 0.457 e. The maximum Gasteiger partial charge on any atom is 0.472 e. The lowest BCUT2D eigenvalue weighted by Crippen LogP contribution is -2.29. The number of phosphoric acid groups is 1. The third-order valence-corrected chi connectivity index (χ3v) is 9.39. The van der Waals surface area contributed by atoms with Crippen molar-refractivity contribution in [3.63, 3.8) is 0 Å². The van der Waals surface area contributed by atoms with Crippen molar-refractivity contribution in [1.29, 1.82) is 0 Å². The van der Waals surface area contributed by atoms with Gasteiger partial charge in [-0.15, -0.1) is 0 Å². The fraction of sp³-hybridized carbons (Fsp3) is 0.744. The SMILES string of the molecule is CC/C=C\C/C=C\C/C=C\C/C=C\CCCOCC(COP(=O)(O)OCC(O)CO)OC(=O)CCCCCCCCC/C=C\CCCCCCCCC. The maximum absolute atomic E-state index is 12.6. The summed E-state index contributed by atoms with van der Waals surface area (Å²) in [7, 11) is -4.53. The van der Waals surface area contributed by atoms with Gasteiger partial charge < -0.3 is 24.6 Å². The van der Waals surface area contributed by atoms with Crippen molar-refractivity contribution in [3.05, 3.63) is 60.8 Å². The van der Waals surface area contributed by atoms with E-state index in [9.17, 15) is 19.4 Å². The summed E-state index contributed by atoms with van der Waals surface area (Å²) < 4.78 is 33.2. The van der Waals surface area contributed by atoms with E-state index in [1.54, 1.807) is 0 Å². The Labute approximate surface area is 323 Å². The molecule has 3 N–H and O–H groups in total. The number of phosphoric ester groups is 1. The number of esters is 1. The van der Waals surface area contributed by atoms with E-state index in [0.717, 1.165) is 64.2 Å². The zero-order valence-corrected chi connectivity index (χ0v) is 34.4. The molecule has 0 spiro atoms. The van der Waals surface area contributed by atoms with E-state index in [-0.39, 0.29) is 13.0 Å². The van der Waals surface area contributed by atoms with Gasteiger partial charge in [0.05, 0.1) is 26.4 Å². The highest BCUT2D eigenvalue weighted by molar-refractivity contribution is 7.47. The van der Waals surface area contributed by atoms with Crippen molar-refractivity contribution in [2.45, 2.75) is 174 Å². The Morgan fingerprint density at radius 1 is 0.604 bits per heavy atom. The van der Waals surface area contributed by atoms with Crippen LogP contribution in [0.2, 0.25) is 0 Å². The Kier molecular flexibility index (Phi) is 38.5. The van der Waals surface area contributed by atoms with Gasteiger partial charge in [-0.1, -0.05) is 145 Å². The molecule has 53 heavy (non-hydrogen) atoms. The van der Waals surface area contributed by atoms with Gasteiger partial charge in [-0.3, -0.25) is 13.8 Å². The van der Waals surface area contributed by atoms with E-state index < -0.39 is 45.8 Å². The van der Waals surface area contributed by atoms with Gasteiger partial charge in [0, 0.05) is 13.0 Å². The Morgan fingerprint density at radius 3 is 1.64 bits per heavy atom. The van der Waals surface area contributed by atoms with Crippen LogP contribution >= 0.6 is 7.82 Å². The van der Waals surface area contributed by atoms with Crippen LogP contribution in [0.25, 0.3) is 0 Å². The number of carbonyl (C=O) groups is 1. The predicted octanol–water partition coefficient (Wildman–Crippen LogP) is 11.2. The maximum atomic E-state index is 12.6. The molecular formula is C43H77O9P. The molecule has 0 aliphatic rings. The number of hydrogen-bond acceptors (Lipinski definition) is 8. The van der Waals surface area contributed by atoms with Gasteiger partial charge >= 0.3 is 13.8 Å². The van der Waals surface area contributed by atoms with Crippen molar-refractivity contribution < 1.29 is 43.0 Å². The summed E-state index contributed by atoms with van der Waals surface area (Å²) in [6.45, 7) is 3.23. The van der Waals surface area contributed by atoms with Gasteiger partial charge in [-0.05, 0) is 70.6 Å². The molecule has 0 heterocycles. The quantitative estimate of drug-likeness (QED) is 0.0242. The van der Waals surface area contributed by atoms with E-state index in [4.69, 9.17) is 23.6 Å². The fourth-order valence-electron chi connectivity index (χ4n) is 5.29. The molecule has 0 rings (SSSR count). The van der Waals surface area contributed by atoms with Crippen LogP contribution in [0.4, 0.5) is 0 Å². The summed E-state index contributed by atoms with van der Waals surface area (Å²) in [5.41, 5.74) is 0. The van der Waals surface area contributed by atoms with Crippen LogP contribution in [0, 0.1) is 0 Å². The normalized spacial score (nSPS) is 14.7. The van der Waals surface area contributed by atoms with Crippen LogP contribution in [0.3, 0.4) is 0 Å². The number of aliphatic hydroxyl groups excluding tert-OH is 2. The lowest BCUT2D eigenvalue weighted by molar-refractivity contribution is -0.154. The summed E-state index contributed by atoms with van der Waals surface area (Å²) in [6, 6.07) is 0. The second kappa shape index (κ2) is 39.8. The molecule has 0 radical (unpaired) electrons. The fourth-order valence-corrected chi connectivity index (χ4v) is 6.08. The monoisotopic (exact) mass is 769 g/mol. The number of ether oxygens (including phenoxy) is 2. The summed E-state index contributed by atoms with van der Waals surface area (Å²) in [4.78, 5) is 22.5. The van der Waals surface area contributed by atoms with Crippen molar-refractivity contribution in [3.8, 4) is 0 Å². The first kappa shape index (κ1) is 51.2. The molecule has 0 aliphatic carbocycles. The highest BCUT2D eigenvalue weighted by Crippen LogP contribution is 2.43. The van der Waals surface area contributed by atoms with E-state index in [2.05, 4.69) is 74.6 Å². The average Bonchev–Trinajstić information content (AvgIpc) is 3.15. The van der Waals surface area contributed by atoms with Gasteiger partial charge in [0.25, 0.3) is 0 Å². The molecule has 0 bridgehead atoms. The molecular weight excluding hydrogens is 691 g/mol. The van der Waals surface area contributed by atoms with Crippen molar-refractivity contribution >= 4 is 13.8 Å². The Bertz CT molecular complexity index is 1010. The second-order valence-corrected chi connectivity index (χ2v) is 15.1. The minimum atomic E-state index is -4.53. The predicted molar refractivity (Wildman–Crippen MR) is 219 cm³/mol. The van der Waals surface area contributed by atoms with E-state index in [0.29, 0.717) is 13.0 Å². The molecule has 9 nitrogen and oxygen atoms in total.